The predicted octanol–water partition coefficient (Wildman–Crippen LogP) is 1.73. The number of aromatic nitrogens is 2. The number of ether oxygens (including phenoxy) is 1. The van der Waals surface area contributed by atoms with Crippen molar-refractivity contribution in [3.05, 3.63) is 18.1 Å². The van der Waals surface area contributed by atoms with Gasteiger partial charge in [0, 0.05) is 24.6 Å². The molecule has 3 rings (SSSR count). The highest BCUT2D eigenvalue weighted by Crippen LogP contribution is 2.38. The van der Waals surface area contributed by atoms with E-state index in [1.54, 1.807) is 6.20 Å². The third-order valence-corrected chi connectivity index (χ3v) is 3.49. The summed E-state index contributed by atoms with van der Waals surface area (Å²) in [6.45, 7) is 2.97. The van der Waals surface area contributed by atoms with Gasteiger partial charge < -0.3 is 10.1 Å². The maximum atomic E-state index is 5.75. The first-order chi connectivity index (χ1) is 8.42. The Morgan fingerprint density at radius 3 is 3.00 bits per heavy atom. The summed E-state index contributed by atoms with van der Waals surface area (Å²) in [6.07, 6.45) is 8.61. The highest BCUT2D eigenvalue weighted by Gasteiger charge is 2.25. The second-order valence-corrected chi connectivity index (χ2v) is 5.08. The van der Waals surface area contributed by atoms with Crippen LogP contribution in [0.15, 0.2) is 12.4 Å². The Balaban J connectivity index is 1.54. The molecule has 0 spiro atoms. The monoisotopic (exact) mass is 233 g/mol. The lowest BCUT2D eigenvalue weighted by molar-refractivity contribution is 0.211. The van der Waals surface area contributed by atoms with E-state index in [1.807, 2.05) is 6.20 Å². The molecule has 4 heteroatoms. The Labute approximate surface area is 102 Å². The van der Waals surface area contributed by atoms with Gasteiger partial charge in [-0.2, -0.15) is 0 Å². The molecule has 2 fully saturated rings. The van der Waals surface area contributed by atoms with Gasteiger partial charge in [0.05, 0.1) is 18.5 Å². The average molecular weight is 233 g/mol. The van der Waals surface area contributed by atoms with Gasteiger partial charge in [0.1, 0.15) is 0 Å². The van der Waals surface area contributed by atoms with Gasteiger partial charge in [-0.25, -0.2) is 4.98 Å². The second kappa shape index (κ2) is 5.00. The molecule has 0 radical (unpaired) electrons. The van der Waals surface area contributed by atoms with Gasteiger partial charge in [-0.3, -0.25) is 4.98 Å². The minimum atomic E-state index is 0.620. The molecule has 1 atom stereocenters. The van der Waals surface area contributed by atoms with Crippen LogP contribution in [0.25, 0.3) is 0 Å². The summed E-state index contributed by atoms with van der Waals surface area (Å²) >= 11 is 0. The van der Waals surface area contributed by atoms with Gasteiger partial charge in [-0.1, -0.05) is 0 Å². The third kappa shape index (κ3) is 2.94. The van der Waals surface area contributed by atoms with E-state index in [0.717, 1.165) is 25.4 Å². The summed E-state index contributed by atoms with van der Waals surface area (Å²) in [4.78, 5) is 8.72. The van der Waals surface area contributed by atoms with Crippen LogP contribution in [0.3, 0.4) is 0 Å². The van der Waals surface area contributed by atoms with Crippen molar-refractivity contribution in [2.24, 2.45) is 5.92 Å². The van der Waals surface area contributed by atoms with Gasteiger partial charge in [-0.05, 0) is 32.2 Å². The van der Waals surface area contributed by atoms with Crippen molar-refractivity contribution >= 4 is 0 Å². The summed E-state index contributed by atoms with van der Waals surface area (Å²) in [6, 6.07) is 0. The van der Waals surface area contributed by atoms with E-state index in [2.05, 4.69) is 15.3 Å². The molecular weight excluding hydrogens is 214 g/mol. The minimum Gasteiger partial charge on any atom is -0.476 e. The molecule has 1 aliphatic carbocycles. The molecule has 17 heavy (non-hydrogen) atoms. The molecule has 1 aliphatic heterocycles. The standard InChI is InChI=1S/C13H19N3O/c1-2-10(6-14-5-1)9-17-13-8-15-7-12(16-13)11-3-4-11/h7-8,10-11,14H,1-6,9H2. The number of hydrogen-bond donors (Lipinski definition) is 1. The van der Waals surface area contributed by atoms with Crippen molar-refractivity contribution in [1.82, 2.24) is 15.3 Å². The van der Waals surface area contributed by atoms with Crippen LogP contribution in [0, 0.1) is 5.92 Å². The zero-order valence-electron chi connectivity index (χ0n) is 10.1. The summed E-state index contributed by atoms with van der Waals surface area (Å²) < 4.78 is 5.75. The zero-order valence-corrected chi connectivity index (χ0v) is 10.1. The zero-order chi connectivity index (χ0) is 11.5. The summed E-state index contributed by atoms with van der Waals surface area (Å²) in [5, 5.41) is 3.39. The van der Waals surface area contributed by atoms with E-state index in [4.69, 9.17) is 4.74 Å². The fourth-order valence-corrected chi connectivity index (χ4v) is 2.28. The van der Waals surface area contributed by atoms with Crippen molar-refractivity contribution in [1.29, 1.82) is 0 Å². The molecule has 92 valence electrons. The molecule has 1 N–H and O–H groups in total. The fourth-order valence-electron chi connectivity index (χ4n) is 2.28. The maximum absolute atomic E-state index is 5.75. The van der Waals surface area contributed by atoms with Crippen molar-refractivity contribution < 1.29 is 4.74 Å². The normalized spacial score (nSPS) is 24.6. The van der Waals surface area contributed by atoms with Crippen LogP contribution >= 0.6 is 0 Å². The van der Waals surface area contributed by atoms with Crippen LogP contribution in [0.2, 0.25) is 0 Å². The van der Waals surface area contributed by atoms with Crippen LogP contribution in [-0.2, 0) is 0 Å². The Bertz CT molecular complexity index is 373. The van der Waals surface area contributed by atoms with Crippen molar-refractivity contribution in [3.63, 3.8) is 0 Å². The number of hydrogen-bond acceptors (Lipinski definition) is 4. The molecule has 0 aromatic carbocycles. The van der Waals surface area contributed by atoms with Crippen molar-refractivity contribution in [3.8, 4) is 5.88 Å². The van der Waals surface area contributed by atoms with E-state index in [9.17, 15) is 0 Å². The highest BCUT2D eigenvalue weighted by atomic mass is 16.5. The first-order valence-corrected chi connectivity index (χ1v) is 6.57. The Morgan fingerprint density at radius 2 is 2.24 bits per heavy atom. The van der Waals surface area contributed by atoms with E-state index >= 15 is 0 Å². The average Bonchev–Trinajstić information content (AvgIpc) is 3.22. The highest BCUT2D eigenvalue weighted by molar-refractivity contribution is 5.16. The minimum absolute atomic E-state index is 0.620. The van der Waals surface area contributed by atoms with E-state index in [-0.39, 0.29) is 0 Å². The molecule has 1 aromatic rings. The molecule has 0 bridgehead atoms. The summed E-state index contributed by atoms with van der Waals surface area (Å²) in [7, 11) is 0. The van der Waals surface area contributed by atoms with Crippen LogP contribution in [0.4, 0.5) is 0 Å². The lowest BCUT2D eigenvalue weighted by atomic mass is 10.0. The Kier molecular flexibility index (Phi) is 3.22. The van der Waals surface area contributed by atoms with Crippen LogP contribution in [0.5, 0.6) is 5.88 Å². The topological polar surface area (TPSA) is 47.0 Å². The molecule has 1 unspecified atom stereocenters. The lowest BCUT2D eigenvalue weighted by Gasteiger charge is -2.22. The molecule has 1 saturated heterocycles. The number of piperidine rings is 1. The van der Waals surface area contributed by atoms with Gasteiger partial charge in [-0.15, -0.1) is 0 Å². The predicted molar refractivity (Wildman–Crippen MR) is 65.1 cm³/mol. The van der Waals surface area contributed by atoms with Crippen molar-refractivity contribution in [2.45, 2.75) is 31.6 Å². The largest absolute Gasteiger partial charge is 0.476 e. The molecular formula is C13H19N3O. The maximum Gasteiger partial charge on any atom is 0.232 e. The first kappa shape index (κ1) is 11.0. The van der Waals surface area contributed by atoms with Gasteiger partial charge >= 0.3 is 0 Å². The van der Waals surface area contributed by atoms with E-state index < -0.39 is 0 Å². The molecule has 4 nitrogen and oxygen atoms in total. The third-order valence-electron chi connectivity index (χ3n) is 3.49. The Morgan fingerprint density at radius 1 is 1.29 bits per heavy atom. The summed E-state index contributed by atoms with van der Waals surface area (Å²) in [5.74, 6) is 1.96. The fraction of sp³-hybridized carbons (Fsp3) is 0.692. The molecule has 1 aromatic heterocycles. The number of nitrogens with zero attached hydrogens (tertiary/aromatic N) is 2. The lowest BCUT2D eigenvalue weighted by Crippen LogP contribution is -2.33. The number of rotatable bonds is 4. The van der Waals surface area contributed by atoms with Gasteiger partial charge in [0.2, 0.25) is 5.88 Å². The second-order valence-electron chi connectivity index (χ2n) is 5.08. The number of nitrogens with one attached hydrogen (secondary N) is 1. The Hall–Kier alpha value is -1.16. The smallest absolute Gasteiger partial charge is 0.232 e. The van der Waals surface area contributed by atoms with Crippen LogP contribution < -0.4 is 10.1 Å². The quantitative estimate of drug-likeness (QED) is 0.860. The molecule has 2 heterocycles. The van der Waals surface area contributed by atoms with Crippen molar-refractivity contribution in [2.75, 3.05) is 19.7 Å². The van der Waals surface area contributed by atoms with Crippen LogP contribution in [-0.4, -0.2) is 29.7 Å². The van der Waals surface area contributed by atoms with Gasteiger partial charge in [0.15, 0.2) is 0 Å². The summed E-state index contributed by atoms with van der Waals surface area (Å²) in [5.41, 5.74) is 1.10. The van der Waals surface area contributed by atoms with E-state index in [0.29, 0.717) is 17.7 Å². The first-order valence-electron chi connectivity index (χ1n) is 6.57. The SMILES string of the molecule is c1ncc(C2CC2)nc1OCC1CCCNC1. The molecule has 2 aliphatic rings. The van der Waals surface area contributed by atoms with Crippen LogP contribution in [0.1, 0.15) is 37.3 Å². The van der Waals surface area contributed by atoms with Gasteiger partial charge in [0.25, 0.3) is 0 Å². The van der Waals surface area contributed by atoms with E-state index in [1.165, 1.54) is 25.7 Å². The molecule has 0 amide bonds. The molecule has 1 saturated carbocycles.